The van der Waals surface area contributed by atoms with Gasteiger partial charge in [-0.2, -0.15) is 0 Å². The largest absolute Gasteiger partial charge is 0.381 e. The topological polar surface area (TPSA) is 9.23 Å². The molecule has 0 fully saturated rings. The molecule has 1 heteroatoms. The molecule has 0 aromatic heterocycles. The zero-order valence-electron chi connectivity index (χ0n) is 7.68. The van der Waals surface area contributed by atoms with Crippen molar-refractivity contribution in [2.75, 3.05) is 7.11 Å². The van der Waals surface area contributed by atoms with Crippen molar-refractivity contribution in [2.45, 2.75) is 46.1 Å². The van der Waals surface area contributed by atoms with Crippen LogP contribution in [-0.4, -0.2) is 13.2 Å². The van der Waals surface area contributed by atoms with Crippen LogP contribution in [0.15, 0.2) is 0 Å². The standard InChI is InChI=1S/C9H20O/c1-5-8(3)7-9(6-2)10-4/h8-9H,5-7H2,1-4H3. The number of ether oxygens (including phenoxy) is 1. The highest BCUT2D eigenvalue weighted by molar-refractivity contribution is 4.59. The number of rotatable bonds is 5. The van der Waals surface area contributed by atoms with E-state index in [9.17, 15) is 0 Å². The molecule has 0 rings (SSSR count). The van der Waals surface area contributed by atoms with Gasteiger partial charge in [-0.25, -0.2) is 0 Å². The molecule has 0 bridgehead atoms. The van der Waals surface area contributed by atoms with Crippen LogP contribution in [0.25, 0.3) is 0 Å². The van der Waals surface area contributed by atoms with Crippen molar-refractivity contribution in [3.8, 4) is 0 Å². The first-order valence-corrected chi connectivity index (χ1v) is 4.27. The van der Waals surface area contributed by atoms with Gasteiger partial charge in [-0.3, -0.25) is 0 Å². The predicted molar refractivity (Wildman–Crippen MR) is 45.2 cm³/mol. The lowest BCUT2D eigenvalue weighted by Gasteiger charge is -2.16. The van der Waals surface area contributed by atoms with Gasteiger partial charge in [0.25, 0.3) is 0 Å². The molecule has 0 heterocycles. The van der Waals surface area contributed by atoms with Crippen molar-refractivity contribution >= 4 is 0 Å². The molecule has 0 aromatic rings. The second kappa shape index (κ2) is 5.72. The van der Waals surface area contributed by atoms with E-state index >= 15 is 0 Å². The summed E-state index contributed by atoms with van der Waals surface area (Å²) in [6, 6.07) is 0. The molecule has 10 heavy (non-hydrogen) atoms. The van der Waals surface area contributed by atoms with Crippen molar-refractivity contribution in [3.05, 3.63) is 0 Å². The molecule has 0 N–H and O–H groups in total. The quantitative estimate of drug-likeness (QED) is 0.576. The average molecular weight is 144 g/mol. The lowest BCUT2D eigenvalue weighted by molar-refractivity contribution is 0.0788. The van der Waals surface area contributed by atoms with E-state index in [0.29, 0.717) is 6.10 Å². The van der Waals surface area contributed by atoms with E-state index in [4.69, 9.17) is 4.74 Å². The summed E-state index contributed by atoms with van der Waals surface area (Å²) in [5.41, 5.74) is 0. The summed E-state index contributed by atoms with van der Waals surface area (Å²) >= 11 is 0. The highest BCUT2D eigenvalue weighted by Gasteiger charge is 2.07. The molecule has 1 nitrogen and oxygen atoms in total. The highest BCUT2D eigenvalue weighted by Crippen LogP contribution is 2.13. The Morgan fingerprint density at radius 2 is 1.80 bits per heavy atom. The summed E-state index contributed by atoms with van der Waals surface area (Å²) < 4.78 is 5.27. The van der Waals surface area contributed by atoms with Gasteiger partial charge in [-0.05, 0) is 18.8 Å². The first-order valence-electron chi connectivity index (χ1n) is 4.27. The maximum Gasteiger partial charge on any atom is 0.0571 e. The normalized spacial score (nSPS) is 16.8. The third kappa shape index (κ3) is 3.89. The van der Waals surface area contributed by atoms with Gasteiger partial charge in [0.05, 0.1) is 6.10 Å². The molecule has 0 aliphatic rings. The Kier molecular flexibility index (Phi) is 5.70. The Hall–Kier alpha value is -0.0400. The van der Waals surface area contributed by atoms with Crippen LogP contribution in [0.1, 0.15) is 40.0 Å². The monoisotopic (exact) mass is 144 g/mol. The van der Waals surface area contributed by atoms with Gasteiger partial charge in [-0.15, -0.1) is 0 Å². The van der Waals surface area contributed by atoms with Crippen molar-refractivity contribution in [3.63, 3.8) is 0 Å². The minimum atomic E-state index is 0.481. The summed E-state index contributed by atoms with van der Waals surface area (Å²) in [6.45, 7) is 6.69. The van der Waals surface area contributed by atoms with Crippen LogP contribution in [0.5, 0.6) is 0 Å². The molecule has 0 spiro atoms. The first kappa shape index (κ1) is 9.96. The fraction of sp³-hybridized carbons (Fsp3) is 1.00. The van der Waals surface area contributed by atoms with Crippen LogP contribution < -0.4 is 0 Å². The van der Waals surface area contributed by atoms with Gasteiger partial charge in [0, 0.05) is 7.11 Å². The lowest BCUT2D eigenvalue weighted by atomic mass is 10.00. The lowest BCUT2D eigenvalue weighted by Crippen LogP contribution is -2.12. The second-order valence-electron chi connectivity index (χ2n) is 3.02. The van der Waals surface area contributed by atoms with Crippen LogP contribution in [0.4, 0.5) is 0 Å². The van der Waals surface area contributed by atoms with Crippen LogP contribution in [0.2, 0.25) is 0 Å². The van der Waals surface area contributed by atoms with E-state index in [1.54, 1.807) is 7.11 Å². The third-order valence-electron chi connectivity index (χ3n) is 2.15. The molecule has 0 amide bonds. The molecular formula is C9H20O. The molecule has 0 aliphatic carbocycles. The van der Waals surface area contributed by atoms with Crippen LogP contribution in [0, 0.1) is 5.92 Å². The Morgan fingerprint density at radius 3 is 2.10 bits per heavy atom. The van der Waals surface area contributed by atoms with Crippen LogP contribution in [0.3, 0.4) is 0 Å². The molecule has 2 unspecified atom stereocenters. The Bertz CT molecular complexity index is 67.1. The summed E-state index contributed by atoms with van der Waals surface area (Å²) in [5.74, 6) is 0.810. The van der Waals surface area contributed by atoms with E-state index in [-0.39, 0.29) is 0 Å². The maximum atomic E-state index is 5.27. The Labute approximate surface area is 64.8 Å². The summed E-state index contributed by atoms with van der Waals surface area (Å²) in [6.07, 6.45) is 4.10. The minimum Gasteiger partial charge on any atom is -0.381 e. The Morgan fingerprint density at radius 1 is 1.20 bits per heavy atom. The van der Waals surface area contributed by atoms with Gasteiger partial charge < -0.3 is 4.74 Å². The van der Waals surface area contributed by atoms with E-state index < -0.39 is 0 Å². The van der Waals surface area contributed by atoms with Crippen LogP contribution >= 0.6 is 0 Å². The van der Waals surface area contributed by atoms with E-state index in [2.05, 4.69) is 20.8 Å². The van der Waals surface area contributed by atoms with E-state index in [1.807, 2.05) is 0 Å². The minimum absolute atomic E-state index is 0.481. The fourth-order valence-corrected chi connectivity index (χ4v) is 1.05. The molecule has 0 aliphatic heterocycles. The maximum absolute atomic E-state index is 5.27. The van der Waals surface area contributed by atoms with E-state index in [0.717, 1.165) is 12.3 Å². The van der Waals surface area contributed by atoms with Crippen molar-refractivity contribution < 1.29 is 4.74 Å². The number of hydrogen-bond donors (Lipinski definition) is 0. The third-order valence-corrected chi connectivity index (χ3v) is 2.15. The highest BCUT2D eigenvalue weighted by atomic mass is 16.5. The molecule has 2 atom stereocenters. The van der Waals surface area contributed by atoms with E-state index in [1.165, 1.54) is 12.8 Å². The van der Waals surface area contributed by atoms with Crippen molar-refractivity contribution in [2.24, 2.45) is 5.92 Å². The van der Waals surface area contributed by atoms with Gasteiger partial charge in [0.1, 0.15) is 0 Å². The average Bonchev–Trinajstić information content (AvgIpc) is 1.99. The Balaban J connectivity index is 3.41. The molecule has 62 valence electrons. The second-order valence-corrected chi connectivity index (χ2v) is 3.02. The summed E-state index contributed by atoms with van der Waals surface area (Å²) in [4.78, 5) is 0. The summed E-state index contributed by atoms with van der Waals surface area (Å²) in [7, 11) is 1.80. The zero-order chi connectivity index (χ0) is 7.98. The summed E-state index contributed by atoms with van der Waals surface area (Å²) in [5, 5.41) is 0. The fourth-order valence-electron chi connectivity index (χ4n) is 1.05. The van der Waals surface area contributed by atoms with Crippen molar-refractivity contribution in [1.82, 2.24) is 0 Å². The molecule has 0 aromatic carbocycles. The predicted octanol–water partition coefficient (Wildman–Crippen LogP) is 2.85. The SMILES string of the molecule is CCC(C)CC(CC)OC. The smallest absolute Gasteiger partial charge is 0.0571 e. The van der Waals surface area contributed by atoms with Crippen LogP contribution in [-0.2, 0) is 4.74 Å². The molecule has 0 radical (unpaired) electrons. The molecular weight excluding hydrogens is 124 g/mol. The molecule has 0 saturated carbocycles. The zero-order valence-corrected chi connectivity index (χ0v) is 7.68. The number of methoxy groups -OCH3 is 1. The van der Waals surface area contributed by atoms with Gasteiger partial charge >= 0.3 is 0 Å². The first-order chi connectivity index (χ1) is 4.74. The van der Waals surface area contributed by atoms with Gasteiger partial charge in [0.15, 0.2) is 0 Å². The number of hydrogen-bond acceptors (Lipinski definition) is 1. The van der Waals surface area contributed by atoms with Crippen molar-refractivity contribution in [1.29, 1.82) is 0 Å². The molecule has 0 saturated heterocycles. The van der Waals surface area contributed by atoms with Gasteiger partial charge in [-0.1, -0.05) is 27.2 Å². The van der Waals surface area contributed by atoms with Gasteiger partial charge in [0.2, 0.25) is 0 Å².